The van der Waals surface area contributed by atoms with Gasteiger partial charge in [0.1, 0.15) is 73.2 Å². The zero-order valence-corrected chi connectivity index (χ0v) is 50.0. The second-order valence-corrected chi connectivity index (χ2v) is 22.8. The predicted molar refractivity (Wildman–Crippen MR) is 314 cm³/mol. The summed E-state index contributed by atoms with van der Waals surface area (Å²) >= 11 is 0. The molecule has 3 heterocycles. The summed E-state index contributed by atoms with van der Waals surface area (Å²) in [4.78, 5) is 13.3. The van der Waals surface area contributed by atoms with Gasteiger partial charge >= 0.3 is 0 Å². The summed E-state index contributed by atoms with van der Waals surface area (Å²) in [6.07, 6.45) is 25.6. The van der Waals surface area contributed by atoms with Crippen molar-refractivity contribution in [2.45, 2.75) is 317 Å². The molecule has 19 nitrogen and oxygen atoms in total. The average molecular weight is 1170 g/mol. The molecule has 478 valence electrons. The van der Waals surface area contributed by atoms with Gasteiger partial charge < -0.3 is 89.9 Å². The van der Waals surface area contributed by atoms with E-state index in [1.807, 2.05) is 0 Å². The van der Waals surface area contributed by atoms with Gasteiger partial charge in [0.2, 0.25) is 5.91 Å². The zero-order chi connectivity index (χ0) is 59.7. The van der Waals surface area contributed by atoms with E-state index in [0.717, 1.165) is 83.5 Å². The van der Waals surface area contributed by atoms with Crippen molar-refractivity contribution in [1.29, 1.82) is 0 Å². The van der Waals surface area contributed by atoms with Crippen molar-refractivity contribution in [3.8, 4) is 0 Å². The topological polar surface area (TPSA) is 307 Å². The lowest BCUT2D eigenvalue weighted by Gasteiger charge is -2.48. The number of carbonyl (C=O) groups is 1. The van der Waals surface area contributed by atoms with Crippen molar-refractivity contribution < 1.29 is 89.4 Å². The minimum atomic E-state index is -1.97. The molecule has 0 spiro atoms. The first kappa shape index (κ1) is 74.0. The molecule has 0 bridgehead atoms. The lowest BCUT2D eigenvalue weighted by molar-refractivity contribution is -0.379. The number of unbranched alkanes of at least 4 members (excludes halogenated alkanes) is 23. The molecule has 12 N–H and O–H groups in total. The van der Waals surface area contributed by atoms with E-state index < -0.39 is 124 Å². The van der Waals surface area contributed by atoms with E-state index in [1.165, 1.54) is 96.3 Å². The van der Waals surface area contributed by atoms with Crippen LogP contribution in [0.25, 0.3) is 0 Å². The summed E-state index contributed by atoms with van der Waals surface area (Å²) in [7, 11) is 0. The zero-order valence-electron chi connectivity index (χ0n) is 50.0. The van der Waals surface area contributed by atoms with E-state index in [0.29, 0.717) is 12.8 Å². The Morgan fingerprint density at radius 3 is 1.32 bits per heavy atom. The number of carbonyl (C=O) groups excluding carboxylic acids is 1. The van der Waals surface area contributed by atoms with Gasteiger partial charge in [0.25, 0.3) is 0 Å². The number of nitrogens with one attached hydrogen (secondary N) is 1. The third kappa shape index (κ3) is 29.0. The Bertz CT molecular complexity index is 1680. The lowest BCUT2D eigenvalue weighted by atomic mass is 9.96. The largest absolute Gasteiger partial charge is 0.394 e. The highest BCUT2D eigenvalue weighted by Gasteiger charge is 2.53. The van der Waals surface area contributed by atoms with Crippen LogP contribution in [0.4, 0.5) is 0 Å². The number of hydrogen-bond donors (Lipinski definition) is 12. The van der Waals surface area contributed by atoms with Gasteiger partial charge in [-0.05, 0) is 51.4 Å². The fourth-order valence-corrected chi connectivity index (χ4v) is 10.7. The lowest BCUT2D eigenvalue weighted by Crippen LogP contribution is -2.66. The molecule has 17 unspecified atom stereocenters. The van der Waals surface area contributed by atoms with Crippen molar-refractivity contribution in [3.05, 3.63) is 48.6 Å². The molecule has 17 atom stereocenters. The highest BCUT2D eigenvalue weighted by atomic mass is 16.8. The first-order chi connectivity index (χ1) is 39.8. The average Bonchev–Trinajstić information content (AvgIpc) is 3.60. The van der Waals surface area contributed by atoms with Crippen molar-refractivity contribution in [3.63, 3.8) is 0 Å². The van der Waals surface area contributed by atoms with Crippen LogP contribution in [0.2, 0.25) is 0 Å². The van der Waals surface area contributed by atoms with Crippen LogP contribution in [0.15, 0.2) is 48.6 Å². The van der Waals surface area contributed by atoms with E-state index in [1.54, 1.807) is 0 Å². The van der Waals surface area contributed by atoms with Gasteiger partial charge in [0.05, 0.1) is 38.6 Å². The quantitative estimate of drug-likeness (QED) is 0.0224. The number of amides is 1. The first-order valence-electron chi connectivity index (χ1n) is 31.9. The monoisotopic (exact) mass is 1170 g/mol. The van der Waals surface area contributed by atoms with Crippen LogP contribution in [0.1, 0.15) is 213 Å². The van der Waals surface area contributed by atoms with Crippen LogP contribution in [-0.2, 0) is 33.2 Å². The van der Waals surface area contributed by atoms with Gasteiger partial charge in [-0.15, -0.1) is 0 Å². The van der Waals surface area contributed by atoms with E-state index in [-0.39, 0.29) is 18.9 Å². The van der Waals surface area contributed by atoms with Crippen molar-refractivity contribution >= 4 is 5.91 Å². The molecule has 0 saturated carbocycles. The van der Waals surface area contributed by atoms with Crippen molar-refractivity contribution in [2.75, 3.05) is 26.4 Å². The van der Waals surface area contributed by atoms with Gasteiger partial charge in [0, 0.05) is 6.42 Å². The normalized spacial score (nSPS) is 29.9. The molecule has 0 aliphatic carbocycles. The Balaban J connectivity index is 1.31. The number of aliphatic hydroxyl groups is 11. The van der Waals surface area contributed by atoms with E-state index in [2.05, 4.69) is 67.8 Å². The van der Waals surface area contributed by atoms with Gasteiger partial charge in [0.15, 0.2) is 18.9 Å². The summed E-state index contributed by atoms with van der Waals surface area (Å²) < 4.78 is 34.2. The van der Waals surface area contributed by atoms with Crippen molar-refractivity contribution in [1.82, 2.24) is 5.32 Å². The molecule has 3 aliphatic heterocycles. The van der Waals surface area contributed by atoms with Crippen LogP contribution in [0.3, 0.4) is 0 Å². The maximum atomic E-state index is 13.3. The van der Waals surface area contributed by atoms with Crippen LogP contribution < -0.4 is 5.32 Å². The minimum Gasteiger partial charge on any atom is -0.394 e. The van der Waals surface area contributed by atoms with Crippen LogP contribution >= 0.6 is 0 Å². The molecule has 3 fully saturated rings. The summed E-state index contributed by atoms with van der Waals surface area (Å²) in [6.45, 7) is 1.59. The Labute approximate surface area is 491 Å². The van der Waals surface area contributed by atoms with Gasteiger partial charge in [-0.1, -0.05) is 204 Å². The van der Waals surface area contributed by atoms with E-state index >= 15 is 0 Å². The maximum absolute atomic E-state index is 13.3. The maximum Gasteiger partial charge on any atom is 0.220 e. The van der Waals surface area contributed by atoms with Gasteiger partial charge in [-0.3, -0.25) is 4.79 Å². The number of rotatable bonds is 47. The van der Waals surface area contributed by atoms with Gasteiger partial charge in [-0.25, -0.2) is 0 Å². The number of allylic oxidation sites excluding steroid dienone is 8. The van der Waals surface area contributed by atoms with Crippen molar-refractivity contribution in [2.24, 2.45) is 0 Å². The fourth-order valence-electron chi connectivity index (χ4n) is 10.7. The number of hydrogen-bond acceptors (Lipinski definition) is 18. The SMILES string of the molecule is CC/C=C\C/C=C\C/C=C\C/C=C\CCCCCCCCCCCCCCCCCCCCC(=O)NC(COC1OC(CO)C(OC2OC(CO)C(OC3OC(CO)C(O)C(O)C3O)C(O)C2O)C(O)C1O)C(O)CCCCCCCC. The standard InChI is InChI=1S/C63H113NO18/c1-3-5-7-9-11-12-13-14-15-16-17-18-19-20-21-22-23-24-25-26-27-28-29-30-31-32-33-34-35-37-39-41-51(69)64-46(47(68)40-38-36-10-8-6-4-2)45-77-61-57(75)54(72)59(49(43-66)79-61)82-63-58(76)55(73)60(50(44-67)80-63)81-62-56(74)53(71)52(70)48(42-65)78-62/h5,7,11-12,14-15,17-18,46-50,52-63,65-68,70-76H,3-4,6,8-10,13,16,19-45H2,1-2H3,(H,64,69)/b7-5-,12-11-,15-14-,18-17-. The van der Waals surface area contributed by atoms with Crippen LogP contribution in [0, 0.1) is 0 Å². The molecular weight excluding hydrogens is 1060 g/mol. The molecule has 19 heteroatoms. The molecule has 82 heavy (non-hydrogen) atoms. The summed E-state index contributed by atoms with van der Waals surface area (Å²) in [5.41, 5.74) is 0. The molecule has 0 aromatic heterocycles. The second-order valence-electron chi connectivity index (χ2n) is 22.8. The van der Waals surface area contributed by atoms with Crippen LogP contribution in [0.5, 0.6) is 0 Å². The molecule has 1 amide bonds. The molecular formula is C63H113NO18. The highest BCUT2D eigenvalue weighted by Crippen LogP contribution is 2.33. The summed E-state index contributed by atoms with van der Waals surface area (Å²) in [5, 5.41) is 120. The Morgan fingerprint density at radius 1 is 0.451 bits per heavy atom. The number of aliphatic hydroxyl groups excluding tert-OH is 11. The van der Waals surface area contributed by atoms with E-state index in [9.17, 15) is 61.0 Å². The molecule has 0 radical (unpaired) electrons. The summed E-state index contributed by atoms with van der Waals surface area (Å²) in [6, 6.07) is -0.883. The molecule has 3 saturated heterocycles. The van der Waals surface area contributed by atoms with Gasteiger partial charge in [-0.2, -0.15) is 0 Å². The Morgan fingerprint density at radius 2 is 0.841 bits per heavy atom. The smallest absolute Gasteiger partial charge is 0.220 e. The number of ether oxygens (including phenoxy) is 6. The Kier molecular flexibility index (Phi) is 41.5. The highest BCUT2D eigenvalue weighted by molar-refractivity contribution is 5.76. The molecule has 3 aliphatic rings. The van der Waals surface area contributed by atoms with E-state index in [4.69, 9.17) is 28.4 Å². The molecule has 3 rings (SSSR count). The third-order valence-electron chi connectivity index (χ3n) is 15.9. The second kappa shape index (κ2) is 46.0. The summed E-state index contributed by atoms with van der Waals surface area (Å²) in [5.74, 6) is -0.248. The fraction of sp³-hybridized carbons (Fsp3) is 0.857. The molecule has 0 aromatic carbocycles. The molecule has 0 aromatic rings. The third-order valence-corrected chi connectivity index (χ3v) is 15.9. The predicted octanol–water partition coefficient (Wildman–Crippen LogP) is 6.65. The Hall–Kier alpha value is -2.25. The first-order valence-corrected chi connectivity index (χ1v) is 31.9. The minimum absolute atomic E-state index is 0.248. The van der Waals surface area contributed by atoms with Crippen LogP contribution in [-0.4, -0.2) is 193 Å².